The molecule has 0 aliphatic carbocycles. The number of nitrogens with one attached hydrogen (secondary N) is 1. The van der Waals surface area contributed by atoms with E-state index in [1.165, 1.54) is 6.20 Å². The first-order valence-electron chi connectivity index (χ1n) is 8.84. The third-order valence-electron chi connectivity index (χ3n) is 3.96. The van der Waals surface area contributed by atoms with E-state index in [-0.39, 0.29) is 27.7 Å². The number of benzene rings is 1. The zero-order valence-electron chi connectivity index (χ0n) is 16.1. The third-order valence-corrected chi connectivity index (χ3v) is 5.15. The van der Waals surface area contributed by atoms with Gasteiger partial charge in [0, 0.05) is 0 Å². The zero-order chi connectivity index (χ0) is 21.7. The highest BCUT2D eigenvalue weighted by atomic mass is 32.1. The number of esters is 2. The molecule has 1 amide bonds. The van der Waals surface area contributed by atoms with Crippen LogP contribution >= 0.6 is 11.3 Å². The second-order valence-corrected chi connectivity index (χ2v) is 6.98. The van der Waals surface area contributed by atoms with Crippen molar-refractivity contribution in [1.29, 1.82) is 5.26 Å². The van der Waals surface area contributed by atoms with Crippen LogP contribution in [0, 0.1) is 18.3 Å². The van der Waals surface area contributed by atoms with Crippen molar-refractivity contribution in [3.05, 3.63) is 52.2 Å². The van der Waals surface area contributed by atoms with Gasteiger partial charge in [0.25, 0.3) is 5.91 Å². The number of rotatable bonds is 6. The molecule has 2 aromatic heterocycles. The summed E-state index contributed by atoms with van der Waals surface area (Å²) in [7, 11) is 0. The molecule has 0 saturated heterocycles. The number of nitrogens with zero attached hydrogens (tertiary/aromatic N) is 3. The van der Waals surface area contributed by atoms with Crippen LogP contribution in [0.2, 0.25) is 0 Å². The van der Waals surface area contributed by atoms with Crippen LogP contribution in [0.3, 0.4) is 0 Å². The molecule has 3 aromatic rings. The van der Waals surface area contributed by atoms with Gasteiger partial charge in [-0.3, -0.25) is 9.78 Å². The Hall–Kier alpha value is -3.84. The minimum absolute atomic E-state index is 0.0317. The molecule has 3 rings (SSSR count). The van der Waals surface area contributed by atoms with Gasteiger partial charge < -0.3 is 14.8 Å². The molecule has 1 N–H and O–H groups in total. The van der Waals surface area contributed by atoms with E-state index in [1.807, 2.05) is 6.07 Å². The third kappa shape index (κ3) is 4.42. The quantitative estimate of drug-likeness (QED) is 0.598. The lowest BCUT2D eigenvalue weighted by Crippen LogP contribution is -2.21. The van der Waals surface area contributed by atoms with Crippen molar-refractivity contribution in [2.75, 3.05) is 18.5 Å². The second-order valence-electron chi connectivity index (χ2n) is 5.96. The maximum absolute atomic E-state index is 12.2. The van der Waals surface area contributed by atoms with Crippen LogP contribution in [0.1, 0.15) is 38.2 Å². The normalized spacial score (nSPS) is 10.3. The molecule has 30 heavy (non-hydrogen) atoms. The van der Waals surface area contributed by atoms with Crippen molar-refractivity contribution in [2.24, 2.45) is 0 Å². The topological polar surface area (TPSA) is 131 Å². The molecular formula is C20H16N4O5S. The summed E-state index contributed by atoms with van der Waals surface area (Å²) in [5.74, 6) is -2.04. The molecule has 152 valence electrons. The molecule has 0 spiro atoms. The number of hydrogen-bond donors (Lipinski definition) is 1. The Balaban J connectivity index is 1.66. The number of carbonyl (C=O) groups excluding carboxylic acids is 3. The number of thiophene rings is 1. The van der Waals surface area contributed by atoms with Gasteiger partial charge in [0.2, 0.25) is 0 Å². The number of para-hydroxylation sites is 2. The molecule has 0 unspecified atom stereocenters. The summed E-state index contributed by atoms with van der Waals surface area (Å²) in [5, 5.41) is 12.0. The van der Waals surface area contributed by atoms with E-state index in [4.69, 9.17) is 9.47 Å². The average Bonchev–Trinajstić information content (AvgIpc) is 3.06. The van der Waals surface area contributed by atoms with Crippen molar-refractivity contribution in [3.63, 3.8) is 0 Å². The van der Waals surface area contributed by atoms with E-state index in [9.17, 15) is 19.6 Å². The smallest absolute Gasteiger partial charge is 0.359 e. The van der Waals surface area contributed by atoms with Crippen LogP contribution in [0.5, 0.6) is 0 Å². The molecule has 0 aliphatic heterocycles. The molecule has 0 bridgehead atoms. The van der Waals surface area contributed by atoms with E-state index in [2.05, 4.69) is 15.3 Å². The van der Waals surface area contributed by atoms with E-state index in [1.54, 1.807) is 38.1 Å². The number of fused-ring (bicyclic) bond motifs is 1. The van der Waals surface area contributed by atoms with Gasteiger partial charge in [0.05, 0.1) is 29.4 Å². The Labute approximate surface area is 175 Å². The Bertz CT molecular complexity index is 1180. The highest BCUT2D eigenvalue weighted by Gasteiger charge is 2.22. The lowest BCUT2D eigenvalue weighted by Gasteiger charge is -2.05. The molecule has 0 saturated carbocycles. The van der Waals surface area contributed by atoms with Gasteiger partial charge in [0.1, 0.15) is 15.9 Å². The van der Waals surface area contributed by atoms with E-state index in [0.717, 1.165) is 11.3 Å². The largest absolute Gasteiger partial charge is 0.462 e. The fourth-order valence-corrected chi connectivity index (χ4v) is 3.62. The van der Waals surface area contributed by atoms with Crippen LogP contribution in [0.4, 0.5) is 5.00 Å². The number of aromatic nitrogens is 2. The summed E-state index contributed by atoms with van der Waals surface area (Å²) in [6, 6.07) is 8.98. The van der Waals surface area contributed by atoms with Crippen molar-refractivity contribution in [2.45, 2.75) is 13.8 Å². The molecule has 0 atom stereocenters. The lowest BCUT2D eigenvalue weighted by atomic mass is 10.2. The minimum Gasteiger partial charge on any atom is -0.462 e. The maximum Gasteiger partial charge on any atom is 0.359 e. The SMILES string of the molecule is CCOC(=O)c1sc(NC(=O)COC(=O)c2cnc3ccccc3n2)c(C#N)c1C. The first-order chi connectivity index (χ1) is 14.4. The Kier molecular flexibility index (Phi) is 6.34. The van der Waals surface area contributed by atoms with E-state index < -0.39 is 24.5 Å². The number of hydrogen-bond acceptors (Lipinski definition) is 9. The number of ether oxygens (including phenoxy) is 2. The van der Waals surface area contributed by atoms with Crippen molar-refractivity contribution in [1.82, 2.24) is 9.97 Å². The molecule has 0 radical (unpaired) electrons. The molecular weight excluding hydrogens is 408 g/mol. The number of amides is 1. The van der Waals surface area contributed by atoms with Crippen LogP contribution in [-0.2, 0) is 14.3 Å². The molecule has 0 aliphatic rings. The standard InChI is InChI=1S/C20H16N4O5S/c1-3-28-20(27)17-11(2)12(8-21)18(30-17)24-16(25)10-29-19(26)15-9-22-13-6-4-5-7-14(13)23-15/h4-7,9H,3,10H2,1-2H3,(H,24,25). The summed E-state index contributed by atoms with van der Waals surface area (Å²) in [4.78, 5) is 44.9. The monoisotopic (exact) mass is 424 g/mol. The Morgan fingerprint density at radius 3 is 2.60 bits per heavy atom. The van der Waals surface area contributed by atoms with Gasteiger partial charge in [-0.2, -0.15) is 5.26 Å². The highest BCUT2D eigenvalue weighted by molar-refractivity contribution is 7.18. The van der Waals surface area contributed by atoms with Gasteiger partial charge in [-0.1, -0.05) is 12.1 Å². The summed E-state index contributed by atoms with van der Waals surface area (Å²) in [6.45, 7) is 2.86. The Morgan fingerprint density at radius 1 is 1.17 bits per heavy atom. The van der Waals surface area contributed by atoms with E-state index in [0.29, 0.717) is 16.6 Å². The first kappa shape index (κ1) is 20.9. The fourth-order valence-electron chi connectivity index (χ4n) is 2.55. The minimum atomic E-state index is -0.807. The van der Waals surface area contributed by atoms with Crippen molar-refractivity contribution >= 4 is 45.2 Å². The molecule has 1 aromatic carbocycles. The summed E-state index contributed by atoms with van der Waals surface area (Å²) < 4.78 is 9.94. The molecule has 0 fully saturated rings. The fraction of sp³-hybridized carbons (Fsp3) is 0.200. The lowest BCUT2D eigenvalue weighted by molar-refractivity contribution is -0.119. The van der Waals surface area contributed by atoms with Gasteiger partial charge in [-0.15, -0.1) is 11.3 Å². The van der Waals surface area contributed by atoms with Crippen LogP contribution in [0.25, 0.3) is 11.0 Å². The summed E-state index contributed by atoms with van der Waals surface area (Å²) in [6.07, 6.45) is 1.27. The average molecular weight is 424 g/mol. The molecule has 10 heteroatoms. The first-order valence-corrected chi connectivity index (χ1v) is 9.65. The predicted octanol–water partition coefficient (Wildman–Crippen LogP) is 2.84. The second kappa shape index (κ2) is 9.11. The number of carbonyl (C=O) groups is 3. The van der Waals surface area contributed by atoms with Crippen molar-refractivity contribution < 1.29 is 23.9 Å². The van der Waals surface area contributed by atoms with Crippen molar-refractivity contribution in [3.8, 4) is 6.07 Å². The number of nitriles is 1. The summed E-state index contributed by atoms with van der Waals surface area (Å²) >= 11 is 0.927. The molecule has 2 heterocycles. The van der Waals surface area contributed by atoms with Crippen LogP contribution in [-0.4, -0.2) is 41.0 Å². The maximum atomic E-state index is 12.2. The van der Waals surface area contributed by atoms with Gasteiger partial charge in [0.15, 0.2) is 12.3 Å². The zero-order valence-corrected chi connectivity index (χ0v) is 16.9. The van der Waals surface area contributed by atoms with Gasteiger partial charge >= 0.3 is 11.9 Å². The Morgan fingerprint density at radius 2 is 1.90 bits per heavy atom. The van der Waals surface area contributed by atoms with Crippen LogP contribution < -0.4 is 5.32 Å². The molecule has 9 nitrogen and oxygen atoms in total. The number of anilines is 1. The van der Waals surface area contributed by atoms with Gasteiger partial charge in [-0.25, -0.2) is 14.6 Å². The summed E-state index contributed by atoms with van der Waals surface area (Å²) in [5.41, 5.74) is 1.69. The predicted molar refractivity (Wildman–Crippen MR) is 108 cm³/mol. The highest BCUT2D eigenvalue weighted by Crippen LogP contribution is 2.33. The van der Waals surface area contributed by atoms with E-state index >= 15 is 0 Å². The van der Waals surface area contributed by atoms with Crippen LogP contribution in [0.15, 0.2) is 30.5 Å². The van der Waals surface area contributed by atoms with Gasteiger partial charge in [-0.05, 0) is 31.5 Å².